The van der Waals surface area contributed by atoms with Gasteiger partial charge >= 0.3 is 5.97 Å². The number of fused-ring (bicyclic) bond motifs is 1. The molecule has 1 heterocycles. The van der Waals surface area contributed by atoms with Crippen LogP contribution in [0.1, 0.15) is 24.6 Å². The molecule has 0 bridgehead atoms. The van der Waals surface area contributed by atoms with Gasteiger partial charge in [0.15, 0.2) is 0 Å². The summed E-state index contributed by atoms with van der Waals surface area (Å²) >= 11 is 0. The molecule has 2 rings (SSSR count). The Bertz CT molecular complexity index is 555. The molecule has 0 atom stereocenters. The fourth-order valence-electron chi connectivity index (χ4n) is 2.16. The summed E-state index contributed by atoms with van der Waals surface area (Å²) in [5, 5.41) is 9.95. The number of hydrogen-bond acceptors (Lipinski definition) is 1. The first kappa shape index (κ1) is 11.7. The first-order valence-electron chi connectivity index (χ1n) is 5.92. The normalized spacial score (nSPS) is 10.9. The van der Waals surface area contributed by atoms with Gasteiger partial charge in [0.05, 0.1) is 6.42 Å². The van der Waals surface area contributed by atoms with Gasteiger partial charge in [0.1, 0.15) is 0 Å². The quantitative estimate of drug-likeness (QED) is 0.879. The largest absolute Gasteiger partial charge is 0.481 e. The lowest BCUT2D eigenvalue weighted by atomic mass is 10.1. The molecule has 17 heavy (non-hydrogen) atoms. The lowest BCUT2D eigenvalue weighted by molar-refractivity contribution is -0.137. The first-order chi connectivity index (χ1) is 8.11. The summed E-state index contributed by atoms with van der Waals surface area (Å²) in [5.41, 5.74) is 3.55. The minimum absolute atomic E-state index is 0.168. The molecule has 1 N–H and O–H groups in total. The van der Waals surface area contributed by atoms with Crippen molar-refractivity contribution in [1.82, 2.24) is 4.57 Å². The lowest BCUT2D eigenvalue weighted by Crippen LogP contribution is -2.05. The van der Waals surface area contributed by atoms with E-state index in [1.165, 1.54) is 10.9 Å². The standard InChI is InChI=1S/C14H17NO2/c1-3-11-4-5-12-8-10(2)15(13(12)9-11)7-6-14(16)17/h4-5,8-9H,3,6-7H2,1-2H3,(H,16,17). The van der Waals surface area contributed by atoms with Gasteiger partial charge in [0, 0.05) is 17.8 Å². The fraction of sp³-hybridized carbons (Fsp3) is 0.357. The first-order valence-corrected chi connectivity index (χ1v) is 5.92. The Hall–Kier alpha value is -1.77. The van der Waals surface area contributed by atoms with Gasteiger partial charge in [-0.1, -0.05) is 19.1 Å². The second kappa shape index (κ2) is 4.62. The van der Waals surface area contributed by atoms with Crippen molar-refractivity contribution in [3.8, 4) is 0 Å². The molecule has 0 unspecified atom stereocenters. The maximum absolute atomic E-state index is 10.7. The summed E-state index contributed by atoms with van der Waals surface area (Å²) in [6.07, 6.45) is 1.17. The van der Waals surface area contributed by atoms with Crippen molar-refractivity contribution in [3.05, 3.63) is 35.5 Å². The zero-order chi connectivity index (χ0) is 12.4. The molecular formula is C14H17NO2. The van der Waals surface area contributed by atoms with Crippen LogP contribution in [-0.2, 0) is 17.8 Å². The van der Waals surface area contributed by atoms with E-state index in [1.807, 2.05) is 6.92 Å². The molecule has 3 heteroatoms. The molecule has 0 saturated heterocycles. The Morgan fingerprint density at radius 1 is 1.35 bits per heavy atom. The molecule has 1 aromatic carbocycles. The summed E-state index contributed by atoms with van der Waals surface area (Å²) in [6.45, 7) is 4.68. The van der Waals surface area contributed by atoms with E-state index >= 15 is 0 Å². The van der Waals surface area contributed by atoms with Gasteiger partial charge < -0.3 is 9.67 Å². The van der Waals surface area contributed by atoms with Gasteiger partial charge in [-0.2, -0.15) is 0 Å². The van der Waals surface area contributed by atoms with Gasteiger partial charge in [-0.05, 0) is 36.4 Å². The summed E-state index contributed by atoms with van der Waals surface area (Å²) in [7, 11) is 0. The highest BCUT2D eigenvalue weighted by Gasteiger charge is 2.07. The molecule has 2 aromatic rings. The van der Waals surface area contributed by atoms with Crippen LogP contribution in [0, 0.1) is 6.92 Å². The molecule has 0 amide bonds. The number of benzene rings is 1. The molecule has 0 radical (unpaired) electrons. The number of carboxylic acid groups (broad SMARTS) is 1. The summed E-state index contributed by atoms with van der Waals surface area (Å²) < 4.78 is 2.09. The highest BCUT2D eigenvalue weighted by atomic mass is 16.4. The second-order valence-electron chi connectivity index (χ2n) is 4.33. The molecular weight excluding hydrogens is 214 g/mol. The molecule has 90 valence electrons. The number of carbonyl (C=O) groups is 1. The number of carboxylic acids is 1. The van der Waals surface area contributed by atoms with E-state index in [4.69, 9.17) is 5.11 Å². The minimum atomic E-state index is -0.752. The molecule has 0 aliphatic rings. The summed E-state index contributed by atoms with van der Waals surface area (Å²) in [6, 6.07) is 8.50. The van der Waals surface area contributed by atoms with E-state index in [1.54, 1.807) is 0 Å². The molecule has 0 spiro atoms. The molecule has 0 aliphatic heterocycles. The van der Waals surface area contributed by atoms with Gasteiger partial charge in [0.2, 0.25) is 0 Å². The zero-order valence-electron chi connectivity index (χ0n) is 10.2. The number of nitrogens with zero attached hydrogens (tertiary/aromatic N) is 1. The van der Waals surface area contributed by atoms with Crippen LogP contribution in [-0.4, -0.2) is 15.6 Å². The van der Waals surface area contributed by atoms with Crippen molar-refractivity contribution in [2.75, 3.05) is 0 Å². The van der Waals surface area contributed by atoms with Crippen LogP contribution in [0.15, 0.2) is 24.3 Å². The number of rotatable bonds is 4. The third-order valence-electron chi connectivity index (χ3n) is 3.13. The van der Waals surface area contributed by atoms with E-state index in [2.05, 4.69) is 35.8 Å². The lowest BCUT2D eigenvalue weighted by Gasteiger charge is -2.07. The molecule has 0 aliphatic carbocycles. The number of aliphatic carboxylic acids is 1. The second-order valence-corrected chi connectivity index (χ2v) is 4.33. The smallest absolute Gasteiger partial charge is 0.305 e. The maximum Gasteiger partial charge on any atom is 0.305 e. The molecule has 1 aromatic heterocycles. The van der Waals surface area contributed by atoms with Crippen molar-refractivity contribution in [3.63, 3.8) is 0 Å². The summed E-state index contributed by atoms with van der Waals surface area (Å²) in [5.74, 6) is -0.752. The van der Waals surface area contributed by atoms with Crippen molar-refractivity contribution in [2.24, 2.45) is 0 Å². The minimum Gasteiger partial charge on any atom is -0.481 e. The maximum atomic E-state index is 10.7. The monoisotopic (exact) mass is 231 g/mol. The van der Waals surface area contributed by atoms with Crippen molar-refractivity contribution in [1.29, 1.82) is 0 Å². The third kappa shape index (κ3) is 2.33. The Morgan fingerprint density at radius 2 is 2.12 bits per heavy atom. The van der Waals surface area contributed by atoms with Gasteiger partial charge in [0.25, 0.3) is 0 Å². The average molecular weight is 231 g/mol. The van der Waals surface area contributed by atoms with E-state index < -0.39 is 5.97 Å². The van der Waals surface area contributed by atoms with E-state index in [9.17, 15) is 4.79 Å². The number of aryl methyl sites for hydroxylation is 3. The predicted molar refractivity (Wildman–Crippen MR) is 68.3 cm³/mol. The van der Waals surface area contributed by atoms with Crippen LogP contribution in [0.4, 0.5) is 0 Å². The molecule has 0 saturated carbocycles. The average Bonchev–Trinajstić information content (AvgIpc) is 2.61. The molecule has 0 fully saturated rings. The van der Waals surface area contributed by atoms with Crippen LogP contribution >= 0.6 is 0 Å². The van der Waals surface area contributed by atoms with Crippen LogP contribution in [0.25, 0.3) is 10.9 Å². The van der Waals surface area contributed by atoms with Gasteiger partial charge in [-0.3, -0.25) is 4.79 Å². The van der Waals surface area contributed by atoms with Crippen LogP contribution in [0.3, 0.4) is 0 Å². The van der Waals surface area contributed by atoms with E-state index in [-0.39, 0.29) is 6.42 Å². The predicted octanol–water partition coefficient (Wildman–Crippen LogP) is 2.99. The summed E-state index contributed by atoms with van der Waals surface area (Å²) in [4.78, 5) is 10.7. The zero-order valence-corrected chi connectivity index (χ0v) is 10.2. The van der Waals surface area contributed by atoms with Gasteiger partial charge in [-0.15, -0.1) is 0 Å². The Morgan fingerprint density at radius 3 is 2.76 bits per heavy atom. The number of aromatic nitrogens is 1. The highest BCUT2D eigenvalue weighted by molar-refractivity contribution is 5.82. The van der Waals surface area contributed by atoms with E-state index in [0.29, 0.717) is 6.54 Å². The Kier molecular flexibility index (Phi) is 3.18. The van der Waals surface area contributed by atoms with Crippen molar-refractivity contribution < 1.29 is 9.90 Å². The highest BCUT2D eigenvalue weighted by Crippen LogP contribution is 2.21. The van der Waals surface area contributed by atoms with Crippen LogP contribution < -0.4 is 0 Å². The van der Waals surface area contributed by atoms with Crippen molar-refractivity contribution in [2.45, 2.75) is 33.2 Å². The Labute approximate surface area is 101 Å². The molecule has 3 nitrogen and oxygen atoms in total. The third-order valence-corrected chi connectivity index (χ3v) is 3.13. The van der Waals surface area contributed by atoms with Crippen molar-refractivity contribution >= 4 is 16.9 Å². The Balaban J connectivity index is 2.44. The van der Waals surface area contributed by atoms with Crippen LogP contribution in [0.2, 0.25) is 0 Å². The van der Waals surface area contributed by atoms with Gasteiger partial charge in [-0.25, -0.2) is 0 Å². The number of hydrogen-bond donors (Lipinski definition) is 1. The topological polar surface area (TPSA) is 42.2 Å². The van der Waals surface area contributed by atoms with Crippen LogP contribution in [0.5, 0.6) is 0 Å². The fourth-order valence-corrected chi connectivity index (χ4v) is 2.16. The van der Waals surface area contributed by atoms with E-state index in [0.717, 1.165) is 17.6 Å². The SMILES string of the molecule is CCc1ccc2cc(C)n(CCC(=O)O)c2c1.